The first kappa shape index (κ1) is 5.53. The number of hydrogen-bond acceptors (Lipinski definition) is 2. The molecule has 0 bridgehead atoms. The summed E-state index contributed by atoms with van der Waals surface area (Å²) in [6.07, 6.45) is 1.72. The normalized spacial score (nSPS) is 11.0. The van der Waals surface area contributed by atoms with Crippen LogP contribution in [0.3, 0.4) is 0 Å². The van der Waals surface area contributed by atoms with Crippen LogP contribution in [0.15, 0.2) is 10.7 Å². The SMILES string of the molecule is Cc1coc2n[nH]c(C)c12. The number of aromatic nitrogens is 2. The van der Waals surface area contributed by atoms with Gasteiger partial charge < -0.3 is 4.42 Å². The molecule has 2 aromatic heterocycles. The van der Waals surface area contributed by atoms with Crippen LogP contribution >= 0.6 is 0 Å². The molecule has 1 N–H and O–H groups in total. The summed E-state index contributed by atoms with van der Waals surface area (Å²) in [6, 6.07) is 0. The number of hydrogen-bond donors (Lipinski definition) is 1. The summed E-state index contributed by atoms with van der Waals surface area (Å²) in [5.74, 6) is 0. The maximum atomic E-state index is 5.13. The van der Waals surface area contributed by atoms with Crippen LogP contribution in [0.25, 0.3) is 11.1 Å². The van der Waals surface area contributed by atoms with Crippen molar-refractivity contribution in [1.82, 2.24) is 10.2 Å². The maximum Gasteiger partial charge on any atom is 0.245 e. The third-order valence-electron chi connectivity index (χ3n) is 1.66. The highest BCUT2D eigenvalue weighted by Crippen LogP contribution is 2.20. The van der Waals surface area contributed by atoms with E-state index >= 15 is 0 Å². The van der Waals surface area contributed by atoms with Gasteiger partial charge in [-0.1, -0.05) is 0 Å². The minimum atomic E-state index is 0.704. The van der Waals surface area contributed by atoms with E-state index in [-0.39, 0.29) is 0 Å². The summed E-state index contributed by atoms with van der Waals surface area (Å²) >= 11 is 0. The van der Waals surface area contributed by atoms with Crippen molar-refractivity contribution < 1.29 is 4.42 Å². The largest absolute Gasteiger partial charge is 0.445 e. The second-order valence-electron chi connectivity index (χ2n) is 2.45. The van der Waals surface area contributed by atoms with Gasteiger partial charge in [0.15, 0.2) is 0 Å². The quantitative estimate of drug-likeness (QED) is 0.599. The Morgan fingerprint density at radius 1 is 1.50 bits per heavy atom. The van der Waals surface area contributed by atoms with E-state index in [0.717, 1.165) is 16.6 Å². The highest BCUT2D eigenvalue weighted by atomic mass is 16.3. The fourth-order valence-electron chi connectivity index (χ4n) is 1.16. The maximum absolute atomic E-state index is 5.13. The van der Waals surface area contributed by atoms with Crippen LogP contribution in [0.2, 0.25) is 0 Å². The van der Waals surface area contributed by atoms with Crippen LogP contribution in [0.4, 0.5) is 0 Å². The molecule has 3 heteroatoms. The van der Waals surface area contributed by atoms with Gasteiger partial charge in [-0.05, 0) is 19.4 Å². The number of fused-ring (bicyclic) bond motifs is 1. The van der Waals surface area contributed by atoms with E-state index in [0.29, 0.717) is 5.71 Å². The summed E-state index contributed by atoms with van der Waals surface area (Å²) < 4.78 is 5.13. The standard InChI is InChI=1S/C7H8N2O/c1-4-3-10-7-6(4)5(2)8-9-7/h3H,1-2H3,(H,8,9). The van der Waals surface area contributed by atoms with E-state index in [1.54, 1.807) is 6.26 Å². The van der Waals surface area contributed by atoms with Crippen LogP contribution < -0.4 is 0 Å². The molecule has 10 heavy (non-hydrogen) atoms. The van der Waals surface area contributed by atoms with Crippen molar-refractivity contribution in [1.29, 1.82) is 0 Å². The number of nitrogens with zero attached hydrogens (tertiary/aromatic N) is 1. The Bertz CT molecular complexity index is 327. The zero-order chi connectivity index (χ0) is 7.14. The van der Waals surface area contributed by atoms with Crippen LogP contribution in [0, 0.1) is 13.8 Å². The van der Waals surface area contributed by atoms with Crippen LogP contribution in [-0.4, -0.2) is 10.2 Å². The molecule has 0 amide bonds. The fourth-order valence-corrected chi connectivity index (χ4v) is 1.16. The second-order valence-corrected chi connectivity index (χ2v) is 2.45. The van der Waals surface area contributed by atoms with Gasteiger partial charge in [-0.2, -0.15) is 0 Å². The van der Waals surface area contributed by atoms with Crippen LogP contribution in [0.1, 0.15) is 11.3 Å². The molecule has 0 saturated carbocycles. The third-order valence-corrected chi connectivity index (χ3v) is 1.66. The lowest BCUT2D eigenvalue weighted by atomic mass is 10.2. The number of H-pyrrole nitrogens is 1. The first-order valence-corrected chi connectivity index (χ1v) is 3.18. The molecule has 3 nitrogen and oxygen atoms in total. The van der Waals surface area contributed by atoms with Gasteiger partial charge in [-0.25, -0.2) is 0 Å². The zero-order valence-corrected chi connectivity index (χ0v) is 5.93. The van der Waals surface area contributed by atoms with Crippen molar-refractivity contribution in [2.45, 2.75) is 13.8 Å². The topological polar surface area (TPSA) is 41.8 Å². The van der Waals surface area contributed by atoms with Crippen molar-refractivity contribution >= 4 is 11.1 Å². The van der Waals surface area contributed by atoms with Crippen molar-refractivity contribution in [3.8, 4) is 0 Å². The lowest BCUT2D eigenvalue weighted by molar-refractivity contribution is 0.596. The molecule has 0 aliphatic rings. The minimum absolute atomic E-state index is 0.704. The van der Waals surface area contributed by atoms with Gasteiger partial charge in [0.2, 0.25) is 5.71 Å². The Hall–Kier alpha value is -1.25. The van der Waals surface area contributed by atoms with E-state index < -0.39 is 0 Å². The lowest BCUT2D eigenvalue weighted by Crippen LogP contribution is -1.71. The van der Waals surface area contributed by atoms with E-state index in [9.17, 15) is 0 Å². The Morgan fingerprint density at radius 3 is 3.00 bits per heavy atom. The summed E-state index contributed by atoms with van der Waals surface area (Å²) in [6.45, 7) is 3.99. The van der Waals surface area contributed by atoms with E-state index in [2.05, 4.69) is 10.2 Å². The molecule has 0 atom stereocenters. The van der Waals surface area contributed by atoms with Crippen molar-refractivity contribution in [3.63, 3.8) is 0 Å². The average molecular weight is 136 g/mol. The second kappa shape index (κ2) is 1.62. The van der Waals surface area contributed by atoms with Gasteiger partial charge in [0.05, 0.1) is 11.6 Å². The van der Waals surface area contributed by atoms with Gasteiger partial charge in [0.25, 0.3) is 0 Å². The molecule has 0 saturated heterocycles. The molecular weight excluding hydrogens is 128 g/mol. The average Bonchev–Trinajstić information content (AvgIpc) is 2.40. The molecule has 0 radical (unpaired) electrons. The van der Waals surface area contributed by atoms with Gasteiger partial charge in [0, 0.05) is 5.69 Å². The Labute approximate surface area is 58.0 Å². The monoisotopic (exact) mass is 136 g/mol. The fraction of sp³-hybridized carbons (Fsp3) is 0.286. The van der Waals surface area contributed by atoms with Gasteiger partial charge in [-0.3, -0.25) is 5.10 Å². The molecular formula is C7H8N2O. The molecule has 2 aromatic rings. The molecule has 0 fully saturated rings. The zero-order valence-electron chi connectivity index (χ0n) is 5.93. The molecule has 0 aliphatic carbocycles. The smallest absolute Gasteiger partial charge is 0.245 e. The summed E-state index contributed by atoms with van der Waals surface area (Å²) in [5, 5.41) is 7.91. The Morgan fingerprint density at radius 2 is 2.30 bits per heavy atom. The Kier molecular flexibility index (Phi) is 0.897. The molecule has 0 unspecified atom stereocenters. The molecule has 0 spiro atoms. The molecule has 0 aromatic carbocycles. The summed E-state index contributed by atoms with van der Waals surface area (Å²) in [7, 11) is 0. The number of furan rings is 1. The molecule has 2 heterocycles. The summed E-state index contributed by atoms with van der Waals surface area (Å²) in [4.78, 5) is 0. The van der Waals surface area contributed by atoms with Crippen molar-refractivity contribution in [2.75, 3.05) is 0 Å². The van der Waals surface area contributed by atoms with Gasteiger partial charge in [0.1, 0.15) is 0 Å². The van der Waals surface area contributed by atoms with E-state index in [4.69, 9.17) is 4.42 Å². The van der Waals surface area contributed by atoms with Crippen LogP contribution in [-0.2, 0) is 0 Å². The van der Waals surface area contributed by atoms with E-state index in [1.165, 1.54) is 0 Å². The van der Waals surface area contributed by atoms with Crippen molar-refractivity contribution in [3.05, 3.63) is 17.5 Å². The number of rotatable bonds is 0. The van der Waals surface area contributed by atoms with Crippen LogP contribution in [0.5, 0.6) is 0 Å². The number of aromatic amines is 1. The molecule has 0 aliphatic heterocycles. The highest BCUT2D eigenvalue weighted by Gasteiger charge is 2.06. The summed E-state index contributed by atoms with van der Waals surface area (Å²) in [5.41, 5.74) is 2.91. The number of nitrogens with one attached hydrogen (secondary N) is 1. The van der Waals surface area contributed by atoms with Gasteiger partial charge in [-0.15, -0.1) is 5.10 Å². The predicted molar refractivity (Wildman–Crippen MR) is 37.8 cm³/mol. The number of aryl methyl sites for hydroxylation is 2. The predicted octanol–water partition coefficient (Wildman–Crippen LogP) is 1.77. The van der Waals surface area contributed by atoms with E-state index in [1.807, 2.05) is 13.8 Å². The Balaban J connectivity index is 2.98. The lowest BCUT2D eigenvalue weighted by Gasteiger charge is -1.81. The third kappa shape index (κ3) is 0.518. The first-order valence-electron chi connectivity index (χ1n) is 3.18. The molecule has 2 rings (SSSR count). The molecule has 52 valence electrons. The first-order chi connectivity index (χ1) is 4.79. The highest BCUT2D eigenvalue weighted by molar-refractivity contribution is 5.79. The van der Waals surface area contributed by atoms with Gasteiger partial charge >= 0.3 is 0 Å². The minimum Gasteiger partial charge on any atom is -0.445 e. The van der Waals surface area contributed by atoms with Crippen molar-refractivity contribution in [2.24, 2.45) is 0 Å².